The molecule has 1 aliphatic heterocycles. The molecule has 3 heterocycles. The summed E-state index contributed by atoms with van der Waals surface area (Å²) in [7, 11) is 0. The van der Waals surface area contributed by atoms with E-state index in [1.807, 2.05) is 24.5 Å². The molecular formula is C20H26N4O. The van der Waals surface area contributed by atoms with Crippen LogP contribution in [0.15, 0.2) is 30.7 Å². The third-order valence-electron chi connectivity index (χ3n) is 5.72. The molecule has 1 saturated heterocycles. The van der Waals surface area contributed by atoms with Crippen molar-refractivity contribution in [3.63, 3.8) is 0 Å². The van der Waals surface area contributed by atoms with E-state index >= 15 is 0 Å². The molecule has 2 aliphatic rings. The minimum atomic E-state index is 0.310. The summed E-state index contributed by atoms with van der Waals surface area (Å²) < 4.78 is 2.29. The van der Waals surface area contributed by atoms with Crippen LogP contribution >= 0.6 is 0 Å². The summed E-state index contributed by atoms with van der Waals surface area (Å²) in [6.07, 6.45) is 12.4. The number of imidazole rings is 1. The fraction of sp³-hybridized carbons (Fsp3) is 0.550. The number of likely N-dealkylation sites (tertiary alicyclic amines) is 1. The van der Waals surface area contributed by atoms with Gasteiger partial charge in [-0.2, -0.15) is 0 Å². The van der Waals surface area contributed by atoms with Crippen molar-refractivity contribution >= 4 is 5.91 Å². The summed E-state index contributed by atoms with van der Waals surface area (Å²) in [5.74, 6) is 1.92. The lowest BCUT2D eigenvalue weighted by molar-refractivity contribution is -0.131. The second kappa shape index (κ2) is 6.98. The van der Waals surface area contributed by atoms with Crippen molar-refractivity contribution in [2.45, 2.75) is 51.5 Å². The van der Waals surface area contributed by atoms with Gasteiger partial charge < -0.3 is 9.47 Å². The molecule has 0 bridgehead atoms. The highest BCUT2D eigenvalue weighted by Crippen LogP contribution is 2.32. The maximum Gasteiger partial charge on any atom is 0.222 e. The summed E-state index contributed by atoms with van der Waals surface area (Å²) in [6.45, 7) is 3.76. The van der Waals surface area contributed by atoms with Gasteiger partial charge in [-0.15, -0.1) is 0 Å². The zero-order valence-electron chi connectivity index (χ0n) is 14.9. The SMILES string of the molecule is Cc1cnc(-c2cccnc2)n1C1CCN(C(=O)CC2CCCC2)C1. The van der Waals surface area contributed by atoms with E-state index in [2.05, 4.69) is 26.4 Å². The Morgan fingerprint density at radius 2 is 2.08 bits per heavy atom. The molecule has 2 fully saturated rings. The van der Waals surface area contributed by atoms with Gasteiger partial charge in [-0.25, -0.2) is 4.98 Å². The van der Waals surface area contributed by atoms with Gasteiger partial charge in [0.25, 0.3) is 0 Å². The Kier molecular flexibility index (Phi) is 4.55. The number of amides is 1. The van der Waals surface area contributed by atoms with E-state index in [4.69, 9.17) is 0 Å². The molecule has 1 unspecified atom stereocenters. The molecule has 0 aromatic carbocycles. The molecule has 0 spiro atoms. The largest absolute Gasteiger partial charge is 0.341 e. The predicted octanol–water partition coefficient (Wildman–Crippen LogP) is 3.61. The van der Waals surface area contributed by atoms with E-state index in [9.17, 15) is 4.79 Å². The van der Waals surface area contributed by atoms with Crippen molar-refractivity contribution in [1.82, 2.24) is 19.4 Å². The van der Waals surface area contributed by atoms with Crippen molar-refractivity contribution < 1.29 is 4.79 Å². The second-order valence-corrected chi connectivity index (χ2v) is 7.47. The number of carbonyl (C=O) groups excluding carboxylic acids is 1. The molecular weight excluding hydrogens is 312 g/mol. The summed E-state index contributed by atoms with van der Waals surface area (Å²) in [6, 6.07) is 4.30. The van der Waals surface area contributed by atoms with Crippen molar-refractivity contribution in [1.29, 1.82) is 0 Å². The van der Waals surface area contributed by atoms with Crippen LogP contribution in [0.25, 0.3) is 11.4 Å². The molecule has 5 nitrogen and oxygen atoms in total. The third-order valence-corrected chi connectivity index (χ3v) is 5.72. The van der Waals surface area contributed by atoms with Crippen molar-refractivity contribution in [2.75, 3.05) is 13.1 Å². The van der Waals surface area contributed by atoms with E-state index in [0.717, 1.165) is 43.0 Å². The summed E-state index contributed by atoms with van der Waals surface area (Å²) in [4.78, 5) is 23.5. The minimum absolute atomic E-state index is 0.310. The first-order chi connectivity index (χ1) is 12.2. The maximum absolute atomic E-state index is 12.6. The van der Waals surface area contributed by atoms with Crippen LogP contribution in [0.1, 0.15) is 50.3 Å². The van der Waals surface area contributed by atoms with Crippen molar-refractivity contribution in [3.05, 3.63) is 36.4 Å². The zero-order valence-corrected chi connectivity index (χ0v) is 14.9. The fourth-order valence-electron chi connectivity index (χ4n) is 4.39. The Balaban J connectivity index is 1.48. The van der Waals surface area contributed by atoms with Gasteiger partial charge in [-0.05, 0) is 44.2 Å². The Bertz CT molecular complexity index is 733. The number of pyridine rings is 1. The van der Waals surface area contributed by atoms with Crippen LogP contribution in [0.2, 0.25) is 0 Å². The van der Waals surface area contributed by atoms with Crippen LogP contribution in [0.3, 0.4) is 0 Å². The first-order valence-electron chi connectivity index (χ1n) is 9.44. The van der Waals surface area contributed by atoms with Crippen molar-refractivity contribution in [3.8, 4) is 11.4 Å². The van der Waals surface area contributed by atoms with Gasteiger partial charge >= 0.3 is 0 Å². The second-order valence-electron chi connectivity index (χ2n) is 7.47. The molecule has 2 aromatic heterocycles. The Hall–Kier alpha value is -2.17. The lowest BCUT2D eigenvalue weighted by Gasteiger charge is -2.21. The number of hydrogen-bond donors (Lipinski definition) is 0. The summed E-state index contributed by atoms with van der Waals surface area (Å²) >= 11 is 0. The highest BCUT2D eigenvalue weighted by molar-refractivity contribution is 5.76. The van der Waals surface area contributed by atoms with Gasteiger partial charge in [0.15, 0.2) is 0 Å². The summed E-state index contributed by atoms with van der Waals surface area (Å²) in [5, 5.41) is 0. The Labute approximate surface area is 149 Å². The normalized spacial score (nSPS) is 21.2. The van der Waals surface area contributed by atoms with Gasteiger partial charge in [-0.1, -0.05) is 12.8 Å². The maximum atomic E-state index is 12.6. The van der Waals surface area contributed by atoms with E-state index in [0.29, 0.717) is 17.9 Å². The molecule has 5 heteroatoms. The Morgan fingerprint density at radius 3 is 2.84 bits per heavy atom. The van der Waals surface area contributed by atoms with E-state index in [-0.39, 0.29) is 0 Å². The number of aryl methyl sites for hydroxylation is 1. The van der Waals surface area contributed by atoms with Gasteiger partial charge in [0.1, 0.15) is 5.82 Å². The summed E-state index contributed by atoms with van der Waals surface area (Å²) in [5.41, 5.74) is 2.18. The molecule has 1 amide bonds. The predicted molar refractivity (Wildman–Crippen MR) is 97.0 cm³/mol. The standard InChI is InChI=1S/C20H26N4O/c1-15-12-22-20(17-7-4-9-21-13-17)24(15)18-8-10-23(14-18)19(25)11-16-5-2-3-6-16/h4,7,9,12-13,16,18H,2-3,5-6,8,10-11,14H2,1H3. The molecule has 4 rings (SSSR count). The molecule has 1 saturated carbocycles. The molecule has 25 heavy (non-hydrogen) atoms. The lowest BCUT2D eigenvalue weighted by atomic mass is 10.0. The average Bonchev–Trinajstić information content (AvgIpc) is 3.36. The lowest BCUT2D eigenvalue weighted by Crippen LogP contribution is -2.30. The highest BCUT2D eigenvalue weighted by Gasteiger charge is 2.31. The fourth-order valence-corrected chi connectivity index (χ4v) is 4.39. The van der Waals surface area contributed by atoms with E-state index < -0.39 is 0 Å². The Morgan fingerprint density at radius 1 is 1.24 bits per heavy atom. The van der Waals surface area contributed by atoms with Crippen LogP contribution in [0, 0.1) is 12.8 Å². The topological polar surface area (TPSA) is 51.0 Å². The molecule has 0 N–H and O–H groups in total. The van der Waals surface area contributed by atoms with Crippen molar-refractivity contribution in [2.24, 2.45) is 5.92 Å². The molecule has 1 atom stereocenters. The van der Waals surface area contributed by atoms with Crippen LogP contribution in [0.5, 0.6) is 0 Å². The van der Waals surface area contributed by atoms with Crippen LogP contribution in [0.4, 0.5) is 0 Å². The van der Waals surface area contributed by atoms with Gasteiger partial charge in [0.2, 0.25) is 5.91 Å². The first kappa shape index (κ1) is 16.3. The van der Waals surface area contributed by atoms with Crippen LogP contribution in [-0.2, 0) is 4.79 Å². The number of nitrogens with zero attached hydrogens (tertiary/aromatic N) is 4. The van der Waals surface area contributed by atoms with E-state index in [1.54, 1.807) is 6.20 Å². The quantitative estimate of drug-likeness (QED) is 0.856. The first-order valence-corrected chi connectivity index (χ1v) is 9.44. The van der Waals surface area contributed by atoms with Crippen LogP contribution < -0.4 is 0 Å². The molecule has 0 radical (unpaired) electrons. The number of carbonyl (C=O) groups is 1. The number of hydrogen-bond acceptors (Lipinski definition) is 3. The number of rotatable bonds is 4. The molecule has 132 valence electrons. The molecule has 1 aliphatic carbocycles. The minimum Gasteiger partial charge on any atom is -0.341 e. The van der Waals surface area contributed by atoms with Gasteiger partial charge in [0, 0.05) is 49.4 Å². The molecule has 2 aromatic rings. The monoisotopic (exact) mass is 338 g/mol. The smallest absolute Gasteiger partial charge is 0.222 e. The van der Waals surface area contributed by atoms with E-state index in [1.165, 1.54) is 25.7 Å². The average molecular weight is 338 g/mol. The zero-order chi connectivity index (χ0) is 17.2. The van der Waals surface area contributed by atoms with Gasteiger partial charge in [0.05, 0.1) is 6.04 Å². The van der Waals surface area contributed by atoms with Gasteiger partial charge in [-0.3, -0.25) is 9.78 Å². The highest BCUT2D eigenvalue weighted by atomic mass is 16.2. The van der Waals surface area contributed by atoms with Crippen LogP contribution in [-0.4, -0.2) is 38.4 Å². The number of aromatic nitrogens is 3. The third kappa shape index (κ3) is 3.32.